The number of hydrogen-bond acceptors (Lipinski definition) is 4. The van der Waals surface area contributed by atoms with E-state index in [1.165, 1.54) is 36.6 Å². The molecule has 0 radical (unpaired) electrons. The number of amides is 2. The minimum Gasteiger partial charge on any atom is -0.350 e. The summed E-state index contributed by atoms with van der Waals surface area (Å²) in [5.74, 6) is 0.227. The predicted octanol–water partition coefficient (Wildman–Crippen LogP) is 3.43. The number of carbonyl (C=O) groups excluding carboxylic acids is 2. The summed E-state index contributed by atoms with van der Waals surface area (Å²) in [7, 11) is 0. The van der Waals surface area contributed by atoms with Gasteiger partial charge in [-0.15, -0.1) is 11.8 Å². The normalized spacial score (nSPS) is 17.1. The number of benzene rings is 2. The van der Waals surface area contributed by atoms with Gasteiger partial charge in [0.05, 0.1) is 11.4 Å². The molecule has 0 unspecified atom stereocenters. The SMILES string of the molecule is O=C(CN1C(=O)CSc2ccccc21)NCc1ccccc1CN1CCCCC1. The number of hydrogen-bond donors (Lipinski definition) is 1. The van der Waals surface area contributed by atoms with Gasteiger partial charge in [-0.2, -0.15) is 0 Å². The van der Waals surface area contributed by atoms with Crippen molar-refractivity contribution in [2.45, 2.75) is 37.2 Å². The van der Waals surface area contributed by atoms with Crippen molar-refractivity contribution in [3.8, 4) is 0 Å². The van der Waals surface area contributed by atoms with Crippen LogP contribution in [0.4, 0.5) is 5.69 Å². The fourth-order valence-electron chi connectivity index (χ4n) is 3.96. The maximum atomic E-state index is 12.6. The number of rotatable bonds is 6. The molecule has 0 bridgehead atoms. The number of likely N-dealkylation sites (tertiary alicyclic amines) is 1. The Bertz CT molecular complexity index is 880. The lowest BCUT2D eigenvalue weighted by Gasteiger charge is -2.28. The van der Waals surface area contributed by atoms with E-state index in [0.717, 1.165) is 35.8 Å². The highest BCUT2D eigenvalue weighted by molar-refractivity contribution is 8.00. The fourth-order valence-corrected chi connectivity index (χ4v) is 4.90. The molecule has 1 fully saturated rings. The molecule has 2 aromatic rings. The fraction of sp³-hybridized carbons (Fsp3) is 0.391. The van der Waals surface area contributed by atoms with Gasteiger partial charge >= 0.3 is 0 Å². The van der Waals surface area contributed by atoms with Crippen molar-refractivity contribution in [2.75, 3.05) is 30.3 Å². The van der Waals surface area contributed by atoms with Crippen LogP contribution in [0.1, 0.15) is 30.4 Å². The van der Waals surface area contributed by atoms with E-state index in [9.17, 15) is 9.59 Å². The van der Waals surface area contributed by atoms with E-state index >= 15 is 0 Å². The molecule has 4 rings (SSSR count). The zero-order valence-electron chi connectivity index (χ0n) is 16.6. The average Bonchev–Trinajstić information content (AvgIpc) is 2.76. The van der Waals surface area contributed by atoms with E-state index in [-0.39, 0.29) is 18.4 Å². The molecule has 0 spiro atoms. The Labute approximate surface area is 176 Å². The molecule has 152 valence electrons. The van der Waals surface area contributed by atoms with Crippen molar-refractivity contribution in [3.63, 3.8) is 0 Å². The highest BCUT2D eigenvalue weighted by atomic mass is 32.2. The first-order valence-electron chi connectivity index (χ1n) is 10.3. The van der Waals surface area contributed by atoms with Crippen LogP contribution in [-0.4, -0.2) is 42.1 Å². The van der Waals surface area contributed by atoms with Gasteiger partial charge in [0.25, 0.3) is 0 Å². The van der Waals surface area contributed by atoms with Crippen LogP contribution in [0.3, 0.4) is 0 Å². The third-order valence-corrected chi connectivity index (χ3v) is 6.59. The van der Waals surface area contributed by atoms with E-state index in [1.54, 1.807) is 4.90 Å². The Kier molecular flexibility index (Phi) is 6.52. The molecule has 0 aliphatic carbocycles. The first-order valence-corrected chi connectivity index (χ1v) is 11.3. The molecule has 1 saturated heterocycles. The maximum Gasteiger partial charge on any atom is 0.240 e. The Morgan fingerprint density at radius 3 is 2.52 bits per heavy atom. The highest BCUT2D eigenvalue weighted by Gasteiger charge is 2.26. The summed E-state index contributed by atoms with van der Waals surface area (Å²) in [5.41, 5.74) is 3.24. The second kappa shape index (κ2) is 9.46. The van der Waals surface area contributed by atoms with Crippen molar-refractivity contribution in [2.24, 2.45) is 0 Å². The van der Waals surface area contributed by atoms with Crippen LogP contribution in [0.15, 0.2) is 53.4 Å². The summed E-state index contributed by atoms with van der Waals surface area (Å²) in [5, 5.41) is 3.02. The van der Waals surface area contributed by atoms with Crippen LogP contribution >= 0.6 is 11.8 Å². The van der Waals surface area contributed by atoms with E-state index in [1.807, 2.05) is 30.3 Å². The molecular formula is C23H27N3O2S. The number of anilines is 1. The van der Waals surface area contributed by atoms with Crippen LogP contribution in [0.25, 0.3) is 0 Å². The number of fused-ring (bicyclic) bond motifs is 1. The Balaban J connectivity index is 1.37. The van der Waals surface area contributed by atoms with Crippen LogP contribution < -0.4 is 10.2 Å². The summed E-state index contributed by atoms with van der Waals surface area (Å²) in [6.45, 7) is 3.78. The molecule has 0 aromatic heterocycles. The largest absolute Gasteiger partial charge is 0.350 e. The Morgan fingerprint density at radius 2 is 1.69 bits per heavy atom. The lowest BCUT2D eigenvalue weighted by atomic mass is 10.0. The molecule has 6 heteroatoms. The monoisotopic (exact) mass is 409 g/mol. The molecule has 2 aliphatic heterocycles. The lowest BCUT2D eigenvalue weighted by Crippen LogP contribution is -2.43. The van der Waals surface area contributed by atoms with Crippen LogP contribution in [0.5, 0.6) is 0 Å². The number of nitrogens with one attached hydrogen (secondary N) is 1. The van der Waals surface area contributed by atoms with E-state index < -0.39 is 0 Å². The molecule has 29 heavy (non-hydrogen) atoms. The standard InChI is InChI=1S/C23H27N3O2S/c27-22(16-26-20-10-4-5-11-21(20)29-17-23(26)28)24-14-18-8-2-3-9-19(18)15-25-12-6-1-7-13-25/h2-5,8-11H,1,6-7,12-17H2,(H,24,27). The molecule has 0 atom stereocenters. The van der Waals surface area contributed by atoms with Gasteiger partial charge in [0.1, 0.15) is 6.54 Å². The van der Waals surface area contributed by atoms with Crippen LogP contribution in [0, 0.1) is 0 Å². The van der Waals surface area contributed by atoms with Gasteiger partial charge in [-0.05, 0) is 49.2 Å². The summed E-state index contributed by atoms with van der Waals surface area (Å²) < 4.78 is 0. The zero-order valence-corrected chi connectivity index (χ0v) is 17.4. The third-order valence-electron chi connectivity index (χ3n) is 5.55. The average molecular weight is 410 g/mol. The van der Waals surface area contributed by atoms with Gasteiger partial charge in [-0.25, -0.2) is 0 Å². The molecule has 1 N–H and O–H groups in total. The van der Waals surface area contributed by atoms with Crippen molar-refractivity contribution >= 4 is 29.3 Å². The van der Waals surface area contributed by atoms with Crippen LogP contribution in [0.2, 0.25) is 0 Å². The zero-order chi connectivity index (χ0) is 20.1. The molecular weight excluding hydrogens is 382 g/mol. The number of piperidine rings is 1. The van der Waals surface area contributed by atoms with Gasteiger partial charge in [0, 0.05) is 18.0 Å². The van der Waals surface area contributed by atoms with Gasteiger partial charge in [0.2, 0.25) is 11.8 Å². The first kappa shape index (κ1) is 20.0. The van der Waals surface area contributed by atoms with E-state index in [2.05, 4.69) is 28.4 Å². The predicted molar refractivity (Wildman–Crippen MR) is 117 cm³/mol. The van der Waals surface area contributed by atoms with Gasteiger partial charge in [0.15, 0.2) is 0 Å². The number of carbonyl (C=O) groups is 2. The number of nitrogens with zero attached hydrogens (tertiary/aromatic N) is 2. The van der Waals surface area contributed by atoms with Crippen molar-refractivity contribution in [1.29, 1.82) is 0 Å². The Hall–Kier alpha value is -2.31. The lowest BCUT2D eigenvalue weighted by molar-refractivity contribution is -0.123. The molecule has 2 heterocycles. The maximum absolute atomic E-state index is 12.6. The smallest absolute Gasteiger partial charge is 0.240 e. The highest BCUT2D eigenvalue weighted by Crippen LogP contribution is 2.34. The third kappa shape index (κ3) is 5.00. The first-order chi connectivity index (χ1) is 14.2. The summed E-state index contributed by atoms with van der Waals surface area (Å²) >= 11 is 1.53. The topological polar surface area (TPSA) is 52.7 Å². The number of para-hydroxylation sites is 1. The van der Waals surface area contributed by atoms with Crippen molar-refractivity contribution in [3.05, 3.63) is 59.7 Å². The molecule has 2 aliphatic rings. The molecule has 5 nitrogen and oxygen atoms in total. The second-order valence-corrected chi connectivity index (χ2v) is 8.64. The Morgan fingerprint density at radius 1 is 0.966 bits per heavy atom. The van der Waals surface area contributed by atoms with Crippen LogP contribution in [-0.2, 0) is 22.7 Å². The molecule has 2 amide bonds. The summed E-state index contributed by atoms with van der Waals surface area (Å²) in [6.07, 6.45) is 3.86. The van der Waals surface area contributed by atoms with Gasteiger partial charge in [-0.3, -0.25) is 14.5 Å². The summed E-state index contributed by atoms with van der Waals surface area (Å²) in [6, 6.07) is 16.1. The van der Waals surface area contributed by atoms with Crippen molar-refractivity contribution in [1.82, 2.24) is 10.2 Å². The molecule has 0 saturated carbocycles. The van der Waals surface area contributed by atoms with Gasteiger partial charge in [-0.1, -0.05) is 42.8 Å². The second-order valence-electron chi connectivity index (χ2n) is 7.62. The minimum atomic E-state index is -0.132. The van der Waals surface area contributed by atoms with Crippen molar-refractivity contribution < 1.29 is 9.59 Å². The van der Waals surface area contributed by atoms with E-state index in [4.69, 9.17) is 0 Å². The molecule has 2 aromatic carbocycles. The van der Waals surface area contributed by atoms with E-state index in [0.29, 0.717) is 12.3 Å². The quantitative estimate of drug-likeness (QED) is 0.794. The van der Waals surface area contributed by atoms with Gasteiger partial charge < -0.3 is 10.2 Å². The minimum absolute atomic E-state index is 0.0191. The number of thioether (sulfide) groups is 1. The summed E-state index contributed by atoms with van der Waals surface area (Å²) in [4.78, 5) is 30.1.